The van der Waals surface area contributed by atoms with Gasteiger partial charge >= 0.3 is 0 Å². The molecule has 0 aliphatic carbocycles. The molecule has 0 aromatic heterocycles. The second-order valence-electron chi connectivity index (χ2n) is 6.31. The van der Waals surface area contributed by atoms with Gasteiger partial charge in [-0.3, -0.25) is 4.31 Å². The van der Waals surface area contributed by atoms with Crippen molar-refractivity contribution in [2.75, 3.05) is 68.0 Å². The van der Waals surface area contributed by atoms with Crippen LogP contribution in [0, 0.1) is 0 Å². The van der Waals surface area contributed by atoms with Gasteiger partial charge in [-0.25, -0.2) is 21.6 Å². The highest BCUT2D eigenvalue weighted by molar-refractivity contribution is 7.92. The van der Waals surface area contributed by atoms with Gasteiger partial charge < -0.3 is 9.80 Å². The van der Waals surface area contributed by atoms with Crippen LogP contribution in [0.4, 0.5) is 11.4 Å². The third kappa shape index (κ3) is 6.14. The molecule has 25 heavy (non-hydrogen) atoms. The topological polar surface area (TPSA) is 90.0 Å². The van der Waals surface area contributed by atoms with E-state index >= 15 is 0 Å². The number of rotatable bonds is 7. The highest BCUT2D eigenvalue weighted by atomic mass is 32.2. The first-order valence-electron chi connectivity index (χ1n) is 8.02. The van der Waals surface area contributed by atoms with Gasteiger partial charge in [0.15, 0.2) is 0 Å². The van der Waals surface area contributed by atoms with Gasteiger partial charge in [-0.15, -0.1) is 0 Å². The third-order valence-corrected chi connectivity index (χ3v) is 6.01. The SMILES string of the molecule is CN1CCN(c2ccc(N(CCNS(C)(=O)=O)S(C)(=O)=O)cc2)CC1. The van der Waals surface area contributed by atoms with Gasteiger partial charge in [-0.05, 0) is 31.3 Å². The van der Waals surface area contributed by atoms with E-state index in [0.717, 1.165) is 44.4 Å². The second kappa shape index (κ2) is 7.90. The monoisotopic (exact) mass is 390 g/mol. The van der Waals surface area contributed by atoms with Crippen molar-refractivity contribution in [1.82, 2.24) is 9.62 Å². The van der Waals surface area contributed by atoms with E-state index in [0.29, 0.717) is 5.69 Å². The predicted molar refractivity (Wildman–Crippen MR) is 101 cm³/mol. The van der Waals surface area contributed by atoms with Gasteiger partial charge in [0.1, 0.15) is 0 Å². The lowest BCUT2D eigenvalue weighted by molar-refractivity contribution is 0.313. The molecule has 1 aliphatic heterocycles. The van der Waals surface area contributed by atoms with Gasteiger partial charge in [-0.2, -0.15) is 0 Å². The Labute approximate surface area is 150 Å². The fourth-order valence-electron chi connectivity index (χ4n) is 2.71. The number of hydrogen-bond donors (Lipinski definition) is 1. The minimum atomic E-state index is -3.50. The zero-order valence-corrected chi connectivity index (χ0v) is 16.5. The summed E-state index contributed by atoms with van der Waals surface area (Å²) in [6.45, 7) is 3.92. The molecule has 0 bridgehead atoms. The zero-order chi connectivity index (χ0) is 18.7. The highest BCUT2D eigenvalue weighted by Gasteiger charge is 2.19. The maximum atomic E-state index is 12.0. The molecule has 1 fully saturated rings. The van der Waals surface area contributed by atoms with Gasteiger partial charge in [-0.1, -0.05) is 0 Å². The van der Waals surface area contributed by atoms with Crippen LogP contribution >= 0.6 is 0 Å². The standard InChI is InChI=1S/C15H26N4O4S2/c1-17-10-12-18(13-11-17)14-4-6-15(7-5-14)19(25(3,22)23)9-8-16-24(2,20)21/h4-7,16H,8-13H2,1-3H3. The molecule has 8 nitrogen and oxygen atoms in total. The van der Waals surface area contributed by atoms with E-state index in [1.165, 1.54) is 4.31 Å². The first kappa shape index (κ1) is 20.0. The van der Waals surface area contributed by atoms with Crippen molar-refractivity contribution in [3.63, 3.8) is 0 Å². The summed E-state index contributed by atoms with van der Waals surface area (Å²) in [4.78, 5) is 4.53. The van der Waals surface area contributed by atoms with Gasteiger partial charge in [0, 0.05) is 45.0 Å². The maximum absolute atomic E-state index is 12.0. The molecular formula is C15H26N4O4S2. The number of nitrogens with zero attached hydrogens (tertiary/aromatic N) is 3. The van der Waals surface area contributed by atoms with E-state index in [9.17, 15) is 16.8 Å². The Morgan fingerprint density at radius 1 is 1.00 bits per heavy atom. The number of anilines is 2. The number of nitrogens with one attached hydrogen (secondary N) is 1. The van der Waals surface area contributed by atoms with Crippen LogP contribution in [0.25, 0.3) is 0 Å². The van der Waals surface area contributed by atoms with Crippen molar-refractivity contribution < 1.29 is 16.8 Å². The molecule has 1 aromatic carbocycles. The molecule has 0 radical (unpaired) electrons. The van der Waals surface area contributed by atoms with E-state index in [1.54, 1.807) is 12.1 Å². The molecular weight excluding hydrogens is 364 g/mol. The Hall–Kier alpha value is -1.36. The van der Waals surface area contributed by atoms with E-state index < -0.39 is 20.0 Å². The van der Waals surface area contributed by atoms with Crippen LogP contribution in [0.1, 0.15) is 0 Å². The third-order valence-electron chi connectivity index (χ3n) is 4.09. The van der Waals surface area contributed by atoms with E-state index in [2.05, 4.69) is 21.6 Å². The Morgan fingerprint density at radius 3 is 2.04 bits per heavy atom. The lowest BCUT2D eigenvalue weighted by atomic mass is 10.2. The summed E-state index contributed by atoms with van der Waals surface area (Å²) in [5.41, 5.74) is 1.58. The van der Waals surface area contributed by atoms with Gasteiger partial charge in [0.2, 0.25) is 20.0 Å². The van der Waals surface area contributed by atoms with E-state index in [-0.39, 0.29) is 13.1 Å². The first-order chi connectivity index (χ1) is 11.6. The number of sulfonamides is 2. The molecule has 1 aromatic rings. The molecule has 1 heterocycles. The van der Waals surface area contributed by atoms with Crippen LogP contribution in [0.3, 0.4) is 0 Å². The second-order valence-corrected chi connectivity index (χ2v) is 10.0. The Balaban J connectivity index is 2.10. The van der Waals surface area contributed by atoms with E-state index in [1.807, 2.05) is 12.1 Å². The van der Waals surface area contributed by atoms with Crippen LogP contribution in [0.2, 0.25) is 0 Å². The van der Waals surface area contributed by atoms with Crippen LogP contribution in [0.5, 0.6) is 0 Å². The molecule has 1 saturated heterocycles. The summed E-state index contributed by atoms with van der Waals surface area (Å²) in [6.07, 6.45) is 2.16. The average molecular weight is 391 g/mol. The maximum Gasteiger partial charge on any atom is 0.232 e. The summed E-state index contributed by atoms with van der Waals surface area (Å²) in [6, 6.07) is 7.33. The van der Waals surface area contributed by atoms with Gasteiger partial charge in [0.25, 0.3) is 0 Å². The summed E-state index contributed by atoms with van der Waals surface area (Å²) < 4.78 is 49.9. The van der Waals surface area contributed by atoms with Crippen LogP contribution in [0.15, 0.2) is 24.3 Å². The van der Waals surface area contributed by atoms with Crippen molar-refractivity contribution in [3.05, 3.63) is 24.3 Å². The molecule has 0 unspecified atom stereocenters. The number of benzene rings is 1. The average Bonchev–Trinajstić information content (AvgIpc) is 2.50. The molecule has 0 atom stereocenters. The minimum absolute atomic E-state index is 0.0200. The number of hydrogen-bond acceptors (Lipinski definition) is 6. The smallest absolute Gasteiger partial charge is 0.232 e. The number of likely N-dealkylation sites (N-methyl/N-ethyl adjacent to an activating group) is 1. The van der Waals surface area contributed by atoms with Crippen molar-refractivity contribution in [2.24, 2.45) is 0 Å². The van der Waals surface area contributed by atoms with Crippen LogP contribution < -0.4 is 13.9 Å². The molecule has 1 N–H and O–H groups in total. The first-order valence-corrected chi connectivity index (χ1v) is 11.8. The lowest BCUT2D eigenvalue weighted by Gasteiger charge is -2.34. The summed E-state index contributed by atoms with van der Waals surface area (Å²) >= 11 is 0. The molecule has 2 rings (SSSR count). The van der Waals surface area contributed by atoms with Crippen molar-refractivity contribution in [1.29, 1.82) is 0 Å². The Bertz CT molecular complexity index is 770. The molecule has 10 heteroatoms. The molecule has 0 saturated carbocycles. The quantitative estimate of drug-likeness (QED) is 0.691. The largest absolute Gasteiger partial charge is 0.369 e. The zero-order valence-electron chi connectivity index (χ0n) is 14.8. The summed E-state index contributed by atoms with van der Waals surface area (Å²) in [5, 5.41) is 0. The van der Waals surface area contributed by atoms with Gasteiger partial charge in [0.05, 0.1) is 18.2 Å². The van der Waals surface area contributed by atoms with Crippen molar-refractivity contribution >= 4 is 31.4 Å². The minimum Gasteiger partial charge on any atom is -0.369 e. The van der Waals surface area contributed by atoms with Crippen molar-refractivity contribution in [3.8, 4) is 0 Å². The molecule has 0 spiro atoms. The fourth-order valence-corrected chi connectivity index (χ4v) is 4.10. The van der Waals surface area contributed by atoms with E-state index in [4.69, 9.17) is 0 Å². The summed E-state index contributed by atoms with van der Waals surface area (Å²) in [5.74, 6) is 0. The fraction of sp³-hybridized carbons (Fsp3) is 0.600. The molecule has 0 amide bonds. The Kier molecular flexibility index (Phi) is 6.30. The number of piperazine rings is 1. The van der Waals surface area contributed by atoms with Crippen LogP contribution in [-0.4, -0.2) is 80.6 Å². The molecule has 1 aliphatic rings. The normalized spacial score (nSPS) is 16.8. The predicted octanol–water partition coefficient (Wildman–Crippen LogP) is -0.246. The Morgan fingerprint density at radius 2 is 1.56 bits per heavy atom. The van der Waals surface area contributed by atoms with Crippen LogP contribution in [-0.2, 0) is 20.0 Å². The summed E-state index contributed by atoms with van der Waals surface area (Å²) in [7, 11) is -4.77. The lowest BCUT2D eigenvalue weighted by Crippen LogP contribution is -2.44. The molecule has 142 valence electrons. The van der Waals surface area contributed by atoms with Crippen molar-refractivity contribution in [2.45, 2.75) is 0 Å². The highest BCUT2D eigenvalue weighted by Crippen LogP contribution is 2.23.